The molecule has 2 N–H and O–H groups in total. The first-order valence-corrected chi connectivity index (χ1v) is 9.42. The smallest absolute Gasteiger partial charge is 0.221 e. The third kappa shape index (κ3) is 4.58. The maximum atomic E-state index is 12.4. The highest BCUT2D eigenvalue weighted by atomic mass is 16.5. The first kappa shape index (κ1) is 17.4. The van der Waals surface area contributed by atoms with Crippen molar-refractivity contribution in [2.45, 2.75) is 56.4 Å². The maximum Gasteiger partial charge on any atom is 0.221 e. The van der Waals surface area contributed by atoms with Gasteiger partial charge < -0.3 is 15.4 Å². The maximum absolute atomic E-state index is 12.4. The highest BCUT2D eigenvalue weighted by molar-refractivity contribution is 5.76. The van der Waals surface area contributed by atoms with Crippen molar-refractivity contribution in [3.05, 3.63) is 35.9 Å². The highest BCUT2D eigenvalue weighted by Crippen LogP contribution is 2.37. The molecule has 1 saturated carbocycles. The van der Waals surface area contributed by atoms with Crippen LogP contribution in [-0.4, -0.2) is 38.3 Å². The number of hydrogen-bond donors (Lipinski definition) is 2. The number of morpholine rings is 1. The molecule has 132 valence electrons. The zero-order valence-electron chi connectivity index (χ0n) is 14.6. The fourth-order valence-electron chi connectivity index (χ4n) is 4.08. The molecule has 2 fully saturated rings. The van der Waals surface area contributed by atoms with Crippen LogP contribution >= 0.6 is 0 Å². The Morgan fingerprint density at radius 3 is 2.58 bits per heavy atom. The zero-order chi connectivity index (χ0) is 16.7. The second-order valence-electron chi connectivity index (χ2n) is 7.27. The molecule has 1 aliphatic heterocycles. The number of nitrogens with one attached hydrogen (secondary N) is 2. The highest BCUT2D eigenvalue weighted by Gasteiger charge is 2.33. The second kappa shape index (κ2) is 8.63. The SMILES string of the molecule is O=C(CC1COCCN1)NCC1(c2ccccc2)CCCCCC1. The molecule has 24 heavy (non-hydrogen) atoms. The normalized spacial score (nSPS) is 24.1. The first-order chi connectivity index (χ1) is 11.8. The van der Waals surface area contributed by atoms with E-state index in [1.54, 1.807) is 0 Å². The van der Waals surface area contributed by atoms with E-state index in [1.807, 2.05) is 0 Å². The predicted molar refractivity (Wildman–Crippen MR) is 96.1 cm³/mol. The van der Waals surface area contributed by atoms with Gasteiger partial charge >= 0.3 is 0 Å². The van der Waals surface area contributed by atoms with Crippen molar-refractivity contribution < 1.29 is 9.53 Å². The van der Waals surface area contributed by atoms with Gasteiger partial charge in [-0.15, -0.1) is 0 Å². The molecule has 1 aliphatic carbocycles. The van der Waals surface area contributed by atoms with Gasteiger partial charge in [-0.1, -0.05) is 56.0 Å². The van der Waals surface area contributed by atoms with Crippen molar-refractivity contribution in [3.8, 4) is 0 Å². The van der Waals surface area contributed by atoms with Gasteiger partial charge in [0.2, 0.25) is 5.91 Å². The van der Waals surface area contributed by atoms with E-state index < -0.39 is 0 Å². The molecule has 2 aliphatic rings. The minimum absolute atomic E-state index is 0.101. The van der Waals surface area contributed by atoms with Crippen LogP contribution in [0.1, 0.15) is 50.5 Å². The van der Waals surface area contributed by atoms with Crippen LogP contribution < -0.4 is 10.6 Å². The Labute approximate surface area is 145 Å². The molecule has 1 amide bonds. The van der Waals surface area contributed by atoms with Crippen molar-refractivity contribution in [3.63, 3.8) is 0 Å². The number of rotatable bonds is 5. The van der Waals surface area contributed by atoms with E-state index in [1.165, 1.54) is 44.1 Å². The summed E-state index contributed by atoms with van der Waals surface area (Å²) in [6, 6.07) is 10.9. The van der Waals surface area contributed by atoms with E-state index in [2.05, 4.69) is 41.0 Å². The van der Waals surface area contributed by atoms with Crippen LogP contribution in [0.4, 0.5) is 0 Å². The molecule has 0 spiro atoms. The van der Waals surface area contributed by atoms with Gasteiger partial charge in [0.05, 0.1) is 13.2 Å². The molecule has 4 nitrogen and oxygen atoms in total. The fourth-order valence-corrected chi connectivity index (χ4v) is 4.08. The number of hydrogen-bond acceptors (Lipinski definition) is 3. The lowest BCUT2D eigenvalue weighted by Gasteiger charge is -2.34. The number of ether oxygens (including phenoxy) is 1. The van der Waals surface area contributed by atoms with Crippen LogP contribution in [0.3, 0.4) is 0 Å². The Morgan fingerprint density at radius 2 is 1.92 bits per heavy atom. The van der Waals surface area contributed by atoms with E-state index in [-0.39, 0.29) is 17.4 Å². The Balaban J connectivity index is 1.62. The van der Waals surface area contributed by atoms with Gasteiger partial charge in [0.1, 0.15) is 0 Å². The van der Waals surface area contributed by atoms with E-state index in [4.69, 9.17) is 4.74 Å². The van der Waals surface area contributed by atoms with Crippen LogP contribution in [0, 0.1) is 0 Å². The molecule has 1 atom stereocenters. The quantitative estimate of drug-likeness (QED) is 0.816. The summed E-state index contributed by atoms with van der Waals surface area (Å²) in [5.74, 6) is 0.137. The van der Waals surface area contributed by atoms with Gasteiger partial charge in [0.25, 0.3) is 0 Å². The average molecular weight is 330 g/mol. The molecule has 0 aromatic heterocycles. The van der Waals surface area contributed by atoms with Gasteiger partial charge in [0.15, 0.2) is 0 Å². The molecular formula is C20H30N2O2. The Bertz CT molecular complexity index is 504. The van der Waals surface area contributed by atoms with E-state index in [9.17, 15) is 4.79 Å². The number of amides is 1. The van der Waals surface area contributed by atoms with Gasteiger partial charge in [-0.05, 0) is 18.4 Å². The minimum atomic E-state index is 0.101. The molecule has 1 saturated heterocycles. The van der Waals surface area contributed by atoms with Gasteiger partial charge in [0, 0.05) is 31.0 Å². The third-order valence-electron chi connectivity index (χ3n) is 5.50. The summed E-state index contributed by atoms with van der Waals surface area (Å²) < 4.78 is 5.44. The van der Waals surface area contributed by atoms with Gasteiger partial charge in [-0.2, -0.15) is 0 Å². The largest absolute Gasteiger partial charge is 0.378 e. The van der Waals surface area contributed by atoms with E-state index in [0.29, 0.717) is 13.0 Å². The van der Waals surface area contributed by atoms with Crippen LogP contribution in [0.15, 0.2) is 30.3 Å². The van der Waals surface area contributed by atoms with E-state index >= 15 is 0 Å². The lowest BCUT2D eigenvalue weighted by Crippen LogP contribution is -2.46. The molecule has 0 bridgehead atoms. The molecule has 1 heterocycles. The standard InChI is InChI=1S/C20H30N2O2/c23-19(14-18-15-24-13-12-21-18)22-16-20(10-6-1-2-7-11-20)17-8-4-3-5-9-17/h3-5,8-9,18,21H,1-2,6-7,10-16H2,(H,22,23). The van der Waals surface area contributed by atoms with Crippen LogP contribution in [0.2, 0.25) is 0 Å². The van der Waals surface area contributed by atoms with E-state index in [0.717, 1.165) is 19.7 Å². The predicted octanol–water partition coefficient (Wildman–Crippen LogP) is 2.77. The van der Waals surface area contributed by atoms with Crippen molar-refractivity contribution >= 4 is 5.91 Å². The lowest BCUT2D eigenvalue weighted by molar-refractivity contribution is -0.122. The third-order valence-corrected chi connectivity index (χ3v) is 5.50. The second-order valence-corrected chi connectivity index (χ2v) is 7.27. The monoisotopic (exact) mass is 330 g/mol. The summed E-state index contributed by atoms with van der Waals surface area (Å²) in [7, 11) is 0. The molecule has 1 aromatic carbocycles. The van der Waals surface area contributed by atoms with Gasteiger partial charge in [-0.25, -0.2) is 0 Å². The molecule has 1 aromatic rings. The molecule has 4 heteroatoms. The average Bonchev–Trinajstić information content (AvgIpc) is 2.88. The van der Waals surface area contributed by atoms with Crippen LogP contribution in [0.5, 0.6) is 0 Å². The van der Waals surface area contributed by atoms with Crippen molar-refractivity contribution in [1.82, 2.24) is 10.6 Å². The van der Waals surface area contributed by atoms with Crippen LogP contribution in [0.25, 0.3) is 0 Å². The lowest BCUT2D eigenvalue weighted by atomic mass is 9.74. The number of carbonyl (C=O) groups is 1. The number of carbonyl (C=O) groups excluding carboxylic acids is 1. The summed E-state index contributed by atoms with van der Waals surface area (Å²) in [6.07, 6.45) is 7.97. The molecular weight excluding hydrogens is 300 g/mol. The Kier molecular flexibility index (Phi) is 6.27. The molecule has 0 radical (unpaired) electrons. The zero-order valence-corrected chi connectivity index (χ0v) is 14.6. The number of benzene rings is 1. The fraction of sp³-hybridized carbons (Fsp3) is 0.650. The summed E-state index contributed by atoms with van der Waals surface area (Å²) >= 11 is 0. The van der Waals surface area contributed by atoms with Crippen LogP contribution in [-0.2, 0) is 14.9 Å². The minimum Gasteiger partial charge on any atom is -0.378 e. The molecule has 3 rings (SSSR count). The van der Waals surface area contributed by atoms with Crippen molar-refractivity contribution in [1.29, 1.82) is 0 Å². The summed E-state index contributed by atoms with van der Waals surface area (Å²) in [5, 5.41) is 6.59. The topological polar surface area (TPSA) is 50.4 Å². The van der Waals surface area contributed by atoms with Crippen molar-refractivity contribution in [2.75, 3.05) is 26.3 Å². The summed E-state index contributed by atoms with van der Waals surface area (Å²) in [4.78, 5) is 12.4. The Morgan fingerprint density at radius 1 is 1.17 bits per heavy atom. The summed E-state index contributed by atoms with van der Waals surface area (Å²) in [6.45, 7) is 2.97. The van der Waals surface area contributed by atoms with Gasteiger partial charge in [-0.3, -0.25) is 4.79 Å². The Hall–Kier alpha value is -1.39. The first-order valence-electron chi connectivity index (χ1n) is 9.42. The van der Waals surface area contributed by atoms with Crippen molar-refractivity contribution in [2.24, 2.45) is 0 Å². The molecule has 1 unspecified atom stereocenters. The summed E-state index contributed by atoms with van der Waals surface area (Å²) in [5.41, 5.74) is 1.48.